The van der Waals surface area contributed by atoms with E-state index in [1.54, 1.807) is 18.2 Å². The second kappa shape index (κ2) is 6.35. The number of aryl methyl sites for hydroxylation is 2. The van der Waals surface area contributed by atoms with Crippen molar-refractivity contribution < 1.29 is 10.2 Å². The molecule has 2 N–H and O–H groups in total. The summed E-state index contributed by atoms with van der Waals surface area (Å²) >= 11 is 0. The summed E-state index contributed by atoms with van der Waals surface area (Å²) in [6, 6.07) is 23.0. The predicted molar refractivity (Wildman–Crippen MR) is 89.1 cm³/mol. The molecule has 0 radical (unpaired) electrons. The molecule has 2 heteroatoms. The van der Waals surface area contributed by atoms with Crippen LogP contribution in [0.15, 0.2) is 72.8 Å². The Kier molecular flexibility index (Phi) is 4.10. The molecule has 0 bridgehead atoms. The second-order valence-corrected chi connectivity index (χ2v) is 5.38. The van der Waals surface area contributed by atoms with Gasteiger partial charge in [-0.15, -0.1) is 0 Å². The lowest BCUT2D eigenvalue weighted by Crippen LogP contribution is -1.92. The zero-order valence-electron chi connectivity index (χ0n) is 12.2. The smallest absolute Gasteiger partial charge is 0.118 e. The molecular formula is C20H18O2. The van der Waals surface area contributed by atoms with Gasteiger partial charge < -0.3 is 10.2 Å². The molecule has 3 aromatic carbocycles. The molecule has 110 valence electrons. The molecular weight excluding hydrogens is 272 g/mol. The van der Waals surface area contributed by atoms with Crippen molar-refractivity contribution in [2.75, 3.05) is 0 Å². The topological polar surface area (TPSA) is 40.5 Å². The second-order valence-electron chi connectivity index (χ2n) is 5.38. The maximum Gasteiger partial charge on any atom is 0.118 e. The van der Waals surface area contributed by atoms with Gasteiger partial charge in [-0.25, -0.2) is 0 Å². The first-order chi connectivity index (χ1) is 10.7. The summed E-state index contributed by atoms with van der Waals surface area (Å²) in [4.78, 5) is 0. The molecule has 3 rings (SSSR count). The van der Waals surface area contributed by atoms with E-state index in [4.69, 9.17) is 0 Å². The van der Waals surface area contributed by atoms with Crippen molar-refractivity contribution in [1.29, 1.82) is 0 Å². The molecule has 3 aromatic rings. The average Bonchev–Trinajstić information content (AvgIpc) is 2.56. The van der Waals surface area contributed by atoms with E-state index < -0.39 is 0 Å². The summed E-state index contributed by atoms with van der Waals surface area (Å²) in [5.74, 6) is 0.588. The van der Waals surface area contributed by atoms with Crippen molar-refractivity contribution in [1.82, 2.24) is 0 Å². The maximum absolute atomic E-state index is 10.1. The lowest BCUT2D eigenvalue weighted by molar-refractivity contribution is 0.468. The number of benzene rings is 3. The van der Waals surface area contributed by atoms with Crippen LogP contribution in [-0.4, -0.2) is 10.2 Å². The molecule has 0 aliphatic rings. The van der Waals surface area contributed by atoms with Crippen LogP contribution in [0.1, 0.15) is 11.1 Å². The van der Waals surface area contributed by atoms with E-state index in [9.17, 15) is 10.2 Å². The quantitative estimate of drug-likeness (QED) is 0.740. The highest BCUT2D eigenvalue weighted by Crippen LogP contribution is 2.28. The molecule has 0 aliphatic heterocycles. The van der Waals surface area contributed by atoms with Gasteiger partial charge in [-0.2, -0.15) is 0 Å². The van der Waals surface area contributed by atoms with E-state index in [0.29, 0.717) is 5.75 Å². The zero-order valence-corrected chi connectivity index (χ0v) is 12.2. The van der Waals surface area contributed by atoms with Crippen LogP contribution in [0.5, 0.6) is 11.5 Å². The van der Waals surface area contributed by atoms with Crippen LogP contribution in [0.4, 0.5) is 0 Å². The van der Waals surface area contributed by atoms with Crippen LogP contribution in [0, 0.1) is 0 Å². The molecule has 0 saturated heterocycles. The summed E-state index contributed by atoms with van der Waals surface area (Å²) in [5, 5.41) is 19.4. The summed E-state index contributed by atoms with van der Waals surface area (Å²) in [7, 11) is 0. The first kappa shape index (κ1) is 14.2. The largest absolute Gasteiger partial charge is 0.508 e. The normalized spacial score (nSPS) is 10.5. The minimum Gasteiger partial charge on any atom is -0.508 e. The van der Waals surface area contributed by atoms with E-state index in [1.165, 1.54) is 5.56 Å². The fourth-order valence-electron chi connectivity index (χ4n) is 2.54. The Morgan fingerprint density at radius 1 is 0.636 bits per heavy atom. The number of aromatic hydroxyl groups is 2. The fourth-order valence-corrected chi connectivity index (χ4v) is 2.54. The highest BCUT2D eigenvalue weighted by atomic mass is 16.3. The Bertz CT molecular complexity index is 746. The molecule has 0 aromatic heterocycles. The van der Waals surface area contributed by atoms with Gasteiger partial charge in [0.05, 0.1) is 0 Å². The molecule has 0 saturated carbocycles. The first-order valence-electron chi connectivity index (χ1n) is 7.37. The number of hydrogen-bond donors (Lipinski definition) is 2. The van der Waals surface area contributed by atoms with Crippen LogP contribution in [0.3, 0.4) is 0 Å². The minimum absolute atomic E-state index is 0.256. The van der Waals surface area contributed by atoms with Gasteiger partial charge in [0.15, 0.2) is 0 Å². The van der Waals surface area contributed by atoms with Crippen molar-refractivity contribution in [3.05, 3.63) is 83.9 Å². The standard InChI is InChI=1S/C20H18O2/c21-19-11-8-16(9-12-19)17-10-13-20(22)18(14-17)7-6-15-4-2-1-3-5-15/h1-5,8-14,21-22H,6-7H2. The van der Waals surface area contributed by atoms with Crippen molar-refractivity contribution in [3.63, 3.8) is 0 Å². The van der Waals surface area contributed by atoms with Gasteiger partial charge in [-0.3, -0.25) is 0 Å². The third kappa shape index (κ3) is 3.29. The molecule has 22 heavy (non-hydrogen) atoms. The summed E-state index contributed by atoms with van der Waals surface area (Å²) in [5.41, 5.74) is 4.27. The van der Waals surface area contributed by atoms with E-state index >= 15 is 0 Å². The molecule has 0 spiro atoms. The minimum atomic E-state index is 0.256. The van der Waals surface area contributed by atoms with Crippen molar-refractivity contribution in [2.24, 2.45) is 0 Å². The summed E-state index contributed by atoms with van der Waals surface area (Å²) in [6.07, 6.45) is 1.69. The maximum atomic E-state index is 10.1. The number of phenols is 2. The van der Waals surface area contributed by atoms with Gasteiger partial charge in [-0.05, 0) is 59.4 Å². The van der Waals surface area contributed by atoms with E-state index in [2.05, 4.69) is 12.1 Å². The number of rotatable bonds is 4. The highest BCUT2D eigenvalue weighted by molar-refractivity contribution is 5.66. The van der Waals surface area contributed by atoms with Crippen molar-refractivity contribution in [2.45, 2.75) is 12.8 Å². The molecule has 2 nitrogen and oxygen atoms in total. The Labute approximate surface area is 130 Å². The van der Waals surface area contributed by atoms with Crippen LogP contribution in [0.25, 0.3) is 11.1 Å². The van der Waals surface area contributed by atoms with E-state index in [-0.39, 0.29) is 5.75 Å². The SMILES string of the molecule is Oc1ccc(-c2ccc(O)c(CCc3ccccc3)c2)cc1. The first-order valence-corrected chi connectivity index (χ1v) is 7.37. The lowest BCUT2D eigenvalue weighted by atomic mass is 9.98. The Morgan fingerprint density at radius 3 is 2.05 bits per heavy atom. The van der Waals surface area contributed by atoms with Crippen molar-refractivity contribution in [3.8, 4) is 22.6 Å². The van der Waals surface area contributed by atoms with Gasteiger partial charge in [-0.1, -0.05) is 48.5 Å². The monoisotopic (exact) mass is 290 g/mol. The van der Waals surface area contributed by atoms with E-state index in [1.807, 2.05) is 42.5 Å². The fraction of sp³-hybridized carbons (Fsp3) is 0.100. The highest BCUT2D eigenvalue weighted by Gasteiger charge is 2.05. The van der Waals surface area contributed by atoms with Crippen LogP contribution in [-0.2, 0) is 12.8 Å². The Morgan fingerprint density at radius 2 is 1.32 bits per heavy atom. The van der Waals surface area contributed by atoms with Gasteiger partial charge in [0.1, 0.15) is 11.5 Å². The average molecular weight is 290 g/mol. The predicted octanol–water partition coefficient (Wildman–Crippen LogP) is 4.55. The van der Waals surface area contributed by atoms with Gasteiger partial charge in [0.25, 0.3) is 0 Å². The van der Waals surface area contributed by atoms with Gasteiger partial charge >= 0.3 is 0 Å². The van der Waals surface area contributed by atoms with Crippen LogP contribution >= 0.6 is 0 Å². The third-order valence-corrected chi connectivity index (χ3v) is 3.81. The zero-order chi connectivity index (χ0) is 15.4. The van der Waals surface area contributed by atoms with Crippen molar-refractivity contribution >= 4 is 0 Å². The van der Waals surface area contributed by atoms with Crippen LogP contribution in [0.2, 0.25) is 0 Å². The van der Waals surface area contributed by atoms with Crippen LogP contribution < -0.4 is 0 Å². The summed E-state index contributed by atoms with van der Waals surface area (Å²) in [6.45, 7) is 0. The lowest BCUT2D eigenvalue weighted by Gasteiger charge is -2.09. The Balaban J connectivity index is 1.82. The summed E-state index contributed by atoms with van der Waals surface area (Å²) < 4.78 is 0. The third-order valence-electron chi connectivity index (χ3n) is 3.81. The van der Waals surface area contributed by atoms with E-state index in [0.717, 1.165) is 29.5 Å². The molecule has 0 heterocycles. The van der Waals surface area contributed by atoms with Gasteiger partial charge in [0, 0.05) is 0 Å². The molecule has 0 atom stereocenters. The number of hydrogen-bond acceptors (Lipinski definition) is 2. The Hall–Kier alpha value is -2.74. The molecule has 0 amide bonds. The molecule has 0 aliphatic carbocycles. The molecule has 0 fully saturated rings. The molecule has 0 unspecified atom stereocenters. The van der Waals surface area contributed by atoms with Gasteiger partial charge in [0.2, 0.25) is 0 Å². The number of phenolic OH excluding ortho intramolecular Hbond substituents is 2.